The first-order valence-corrected chi connectivity index (χ1v) is 5.07. The van der Waals surface area contributed by atoms with Crippen LogP contribution in [0, 0.1) is 5.92 Å². The summed E-state index contributed by atoms with van der Waals surface area (Å²) in [6, 6.07) is 0. The van der Waals surface area contributed by atoms with Crippen molar-refractivity contribution >= 4 is 0 Å². The van der Waals surface area contributed by atoms with E-state index in [1.54, 1.807) is 5.57 Å². The molecule has 0 nitrogen and oxygen atoms in total. The summed E-state index contributed by atoms with van der Waals surface area (Å²) >= 11 is 0. The van der Waals surface area contributed by atoms with Crippen LogP contribution in [0.3, 0.4) is 0 Å². The molecule has 0 aliphatic heterocycles. The van der Waals surface area contributed by atoms with Gasteiger partial charge in [0.15, 0.2) is 0 Å². The molecular weight excluding hydrogens is 144 g/mol. The fourth-order valence-corrected chi connectivity index (χ4v) is 1.45. The predicted octanol–water partition coefficient (Wildman–Crippen LogP) is 4.09. The van der Waals surface area contributed by atoms with Crippen molar-refractivity contribution in [2.75, 3.05) is 0 Å². The molecule has 0 N–H and O–H groups in total. The minimum absolute atomic E-state index is 0.702. The van der Waals surface area contributed by atoms with E-state index in [-0.39, 0.29) is 0 Å². The predicted molar refractivity (Wildman–Crippen MR) is 55.1 cm³/mol. The summed E-state index contributed by atoms with van der Waals surface area (Å²) in [5, 5.41) is 0. The largest absolute Gasteiger partial charge is 0.0813 e. The van der Waals surface area contributed by atoms with Crippen LogP contribution in [0.15, 0.2) is 23.3 Å². The molecule has 0 saturated carbocycles. The molecule has 0 bridgehead atoms. The Bertz CT molecular complexity index is 194. The van der Waals surface area contributed by atoms with E-state index in [2.05, 4.69) is 32.9 Å². The third-order valence-electron chi connectivity index (χ3n) is 2.65. The van der Waals surface area contributed by atoms with Crippen molar-refractivity contribution in [2.45, 2.75) is 46.5 Å². The van der Waals surface area contributed by atoms with Crippen LogP contribution in [0.1, 0.15) is 46.5 Å². The van der Waals surface area contributed by atoms with Gasteiger partial charge in [0.1, 0.15) is 0 Å². The molecule has 1 aliphatic rings. The quantitative estimate of drug-likeness (QED) is 0.576. The van der Waals surface area contributed by atoms with Gasteiger partial charge in [-0.15, -0.1) is 0 Å². The summed E-state index contributed by atoms with van der Waals surface area (Å²) in [6.07, 6.45) is 10.1. The number of hydrogen-bond acceptors (Lipinski definition) is 0. The van der Waals surface area contributed by atoms with Gasteiger partial charge in [-0.25, -0.2) is 0 Å². The zero-order valence-corrected chi connectivity index (χ0v) is 8.56. The maximum atomic E-state index is 2.40. The molecule has 1 aliphatic carbocycles. The van der Waals surface area contributed by atoms with Crippen LogP contribution in [-0.4, -0.2) is 0 Å². The van der Waals surface area contributed by atoms with Crippen molar-refractivity contribution in [1.82, 2.24) is 0 Å². The lowest BCUT2D eigenvalue weighted by Gasteiger charge is -2.11. The van der Waals surface area contributed by atoms with Crippen molar-refractivity contribution in [1.29, 1.82) is 0 Å². The van der Waals surface area contributed by atoms with Gasteiger partial charge in [0, 0.05) is 0 Å². The smallest absolute Gasteiger partial charge is 0.0260 e. The molecule has 0 spiro atoms. The second-order valence-electron chi connectivity index (χ2n) is 4.07. The third-order valence-corrected chi connectivity index (χ3v) is 2.65. The molecular formula is C12H20. The Morgan fingerprint density at radius 2 is 2.17 bits per heavy atom. The lowest BCUT2D eigenvalue weighted by Crippen LogP contribution is -1.93. The van der Waals surface area contributed by atoms with Gasteiger partial charge < -0.3 is 0 Å². The van der Waals surface area contributed by atoms with Crippen LogP contribution in [0.5, 0.6) is 0 Å². The van der Waals surface area contributed by atoms with E-state index in [0.717, 1.165) is 0 Å². The van der Waals surface area contributed by atoms with Crippen molar-refractivity contribution in [3.05, 3.63) is 23.3 Å². The van der Waals surface area contributed by atoms with E-state index in [4.69, 9.17) is 0 Å². The Hall–Kier alpha value is -0.520. The van der Waals surface area contributed by atoms with Crippen molar-refractivity contribution in [2.24, 2.45) is 5.92 Å². The average Bonchev–Trinajstić information content (AvgIpc) is 2.06. The normalized spacial score (nSPS) is 19.7. The summed E-state index contributed by atoms with van der Waals surface area (Å²) in [5.74, 6) is 0.702. The molecule has 0 atom stereocenters. The van der Waals surface area contributed by atoms with E-state index in [9.17, 15) is 0 Å². The lowest BCUT2D eigenvalue weighted by molar-refractivity contribution is 0.705. The van der Waals surface area contributed by atoms with Gasteiger partial charge in [-0.1, -0.05) is 37.1 Å². The molecule has 68 valence electrons. The van der Waals surface area contributed by atoms with Crippen molar-refractivity contribution < 1.29 is 0 Å². The first-order valence-electron chi connectivity index (χ1n) is 5.07. The van der Waals surface area contributed by atoms with Gasteiger partial charge in [0.25, 0.3) is 0 Å². The molecule has 0 fully saturated rings. The van der Waals surface area contributed by atoms with E-state index in [1.165, 1.54) is 31.3 Å². The molecule has 12 heavy (non-hydrogen) atoms. The maximum Gasteiger partial charge on any atom is -0.0260 e. The first kappa shape index (κ1) is 9.57. The Balaban J connectivity index is 2.58. The second-order valence-corrected chi connectivity index (χ2v) is 4.07. The topological polar surface area (TPSA) is 0 Å². The minimum Gasteiger partial charge on any atom is -0.0813 e. The monoisotopic (exact) mass is 164 g/mol. The highest BCUT2D eigenvalue weighted by Gasteiger charge is 2.02. The van der Waals surface area contributed by atoms with Crippen LogP contribution < -0.4 is 0 Å². The van der Waals surface area contributed by atoms with Gasteiger partial charge >= 0.3 is 0 Å². The number of rotatable bonds is 2. The third kappa shape index (κ3) is 2.84. The van der Waals surface area contributed by atoms with E-state index >= 15 is 0 Å². The summed E-state index contributed by atoms with van der Waals surface area (Å²) in [5.41, 5.74) is 3.08. The van der Waals surface area contributed by atoms with Gasteiger partial charge in [0.05, 0.1) is 0 Å². The highest BCUT2D eigenvalue weighted by Crippen LogP contribution is 2.21. The molecule has 0 unspecified atom stereocenters. The summed E-state index contributed by atoms with van der Waals surface area (Å²) in [4.78, 5) is 0. The zero-order chi connectivity index (χ0) is 8.97. The Morgan fingerprint density at radius 3 is 2.67 bits per heavy atom. The molecule has 0 aromatic rings. The molecule has 0 radical (unpaired) electrons. The van der Waals surface area contributed by atoms with Gasteiger partial charge in [-0.05, 0) is 38.5 Å². The van der Waals surface area contributed by atoms with Crippen LogP contribution in [0.4, 0.5) is 0 Å². The average molecular weight is 164 g/mol. The second kappa shape index (κ2) is 4.49. The van der Waals surface area contributed by atoms with Gasteiger partial charge in [-0.2, -0.15) is 0 Å². The van der Waals surface area contributed by atoms with E-state index in [0.29, 0.717) is 5.92 Å². The summed E-state index contributed by atoms with van der Waals surface area (Å²) in [6.45, 7) is 6.75. The fourth-order valence-electron chi connectivity index (χ4n) is 1.45. The minimum atomic E-state index is 0.702. The van der Waals surface area contributed by atoms with Crippen LogP contribution >= 0.6 is 0 Å². The standard InChI is InChI=1S/C12H20/c1-10(2)11(3)9-12-7-5-4-6-8-12/h7,9-10H,4-6,8H2,1-3H3/b11-9-. The van der Waals surface area contributed by atoms with Crippen LogP contribution in [0.25, 0.3) is 0 Å². The highest BCUT2D eigenvalue weighted by atomic mass is 14.1. The molecule has 0 saturated heterocycles. The highest BCUT2D eigenvalue weighted by molar-refractivity contribution is 5.24. The Morgan fingerprint density at radius 1 is 1.42 bits per heavy atom. The molecule has 0 amide bonds. The molecule has 0 aromatic carbocycles. The van der Waals surface area contributed by atoms with Crippen LogP contribution in [-0.2, 0) is 0 Å². The van der Waals surface area contributed by atoms with Crippen LogP contribution in [0.2, 0.25) is 0 Å². The van der Waals surface area contributed by atoms with Gasteiger partial charge in [-0.3, -0.25) is 0 Å². The number of allylic oxidation sites excluding steroid dienone is 4. The zero-order valence-electron chi connectivity index (χ0n) is 8.56. The lowest BCUT2D eigenvalue weighted by atomic mass is 9.95. The van der Waals surface area contributed by atoms with E-state index in [1.807, 2.05) is 0 Å². The molecule has 1 rings (SSSR count). The SMILES string of the molecule is C/C(=C/C1=CCCCC1)C(C)C. The molecule has 0 heteroatoms. The van der Waals surface area contributed by atoms with E-state index < -0.39 is 0 Å². The maximum absolute atomic E-state index is 2.40. The molecule has 0 aromatic heterocycles. The van der Waals surface area contributed by atoms with Crippen molar-refractivity contribution in [3.63, 3.8) is 0 Å². The molecule has 0 heterocycles. The fraction of sp³-hybridized carbons (Fsp3) is 0.667. The van der Waals surface area contributed by atoms with Crippen molar-refractivity contribution in [3.8, 4) is 0 Å². The first-order chi connectivity index (χ1) is 5.70. The Kier molecular flexibility index (Phi) is 3.58. The summed E-state index contributed by atoms with van der Waals surface area (Å²) < 4.78 is 0. The Labute approximate surface area is 76.4 Å². The number of hydrogen-bond donors (Lipinski definition) is 0. The van der Waals surface area contributed by atoms with Gasteiger partial charge in [0.2, 0.25) is 0 Å². The summed E-state index contributed by atoms with van der Waals surface area (Å²) in [7, 11) is 0.